The average molecular weight is 736 g/mol. The number of nitrogens with zero attached hydrogens (tertiary/aromatic N) is 1. The van der Waals surface area contributed by atoms with E-state index < -0.39 is 113 Å². The molecule has 0 aromatic heterocycles. The molecule has 1 aliphatic carbocycles. The second kappa shape index (κ2) is 12.8. The average Bonchev–Trinajstić information content (AvgIpc) is 2.81. The molecule has 18 nitrogen and oxygen atoms in total. The van der Waals surface area contributed by atoms with Crippen molar-refractivity contribution in [3.8, 4) is 5.75 Å². The van der Waals surface area contributed by atoms with E-state index in [0.29, 0.717) is 18.2 Å². The molecule has 0 bridgehead atoms. The molecule has 23 heteroatoms. The van der Waals surface area contributed by atoms with Crippen LogP contribution in [0.5, 0.6) is 5.75 Å². The summed E-state index contributed by atoms with van der Waals surface area (Å²) in [6.07, 6.45) is 0.636. The van der Waals surface area contributed by atoms with Gasteiger partial charge in [-0.15, -0.1) is 0 Å². The Labute approximate surface area is 259 Å². The van der Waals surface area contributed by atoms with Gasteiger partial charge in [-0.1, -0.05) is 0 Å². The van der Waals surface area contributed by atoms with Crippen LogP contribution in [0.4, 0.5) is 11.4 Å². The molecule has 43 heavy (non-hydrogen) atoms. The van der Waals surface area contributed by atoms with Crippen LogP contribution in [0, 0.1) is 0 Å². The van der Waals surface area contributed by atoms with Crippen molar-refractivity contribution in [2.24, 2.45) is 5.10 Å². The molecule has 0 fully saturated rings. The monoisotopic (exact) mass is 735 g/mol. The molecule has 0 spiro atoms. The first-order valence-corrected chi connectivity index (χ1v) is 16.7. The van der Waals surface area contributed by atoms with Crippen LogP contribution < -0.4 is 10.7 Å². The van der Waals surface area contributed by atoms with Crippen LogP contribution in [0.15, 0.2) is 50.1 Å². The van der Waals surface area contributed by atoms with Crippen LogP contribution in [-0.2, 0) is 66.5 Å². The predicted molar refractivity (Wildman–Crippen MR) is 146 cm³/mol. The fraction of sp³-hybridized carbons (Fsp3) is 0.150. The largest absolute Gasteiger partial charge is 1.00 e. The van der Waals surface area contributed by atoms with Crippen LogP contribution in [0.2, 0.25) is 0 Å². The molecule has 3 rings (SSSR count). The van der Waals surface area contributed by atoms with Gasteiger partial charge in [0.25, 0.3) is 20.2 Å². The van der Waals surface area contributed by atoms with Gasteiger partial charge in [0.2, 0.25) is 11.7 Å². The molecule has 0 unspecified atom stereocenters. The van der Waals surface area contributed by atoms with Crippen LogP contribution in [0.25, 0.3) is 6.08 Å². The summed E-state index contributed by atoms with van der Waals surface area (Å²) >= 11 is 0. The number of rotatable bonds is 10. The van der Waals surface area contributed by atoms with Gasteiger partial charge in [0.15, 0.2) is 15.5 Å². The number of hydrogen-bond acceptors (Lipinski definition) is 14. The van der Waals surface area contributed by atoms with E-state index >= 15 is 0 Å². The second-order valence-electron chi connectivity index (χ2n) is 8.22. The van der Waals surface area contributed by atoms with E-state index in [1.165, 1.54) is 0 Å². The summed E-state index contributed by atoms with van der Waals surface area (Å²) < 4.78 is 125. The van der Waals surface area contributed by atoms with Gasteiger partial charge in [0.05, 0.1) is 39.1 Å². The number of benzene rings is 2. The number of fused-ring (bicyclic) bond motifs is 1. The Morgan fingerprint density at radius 1 is 0.930 bits per heavy atom. The van der Waals surface area contributed by atoms with E-state index in [1.54, 1.807) is 0 Å². The zero-order valence-electron chi connectivity index (χ0n) is 24.0. The third-order valence-corrected chi connectivity index (χ3v) is 9.03. The molecular weight excluding hydrogens is 714 g/mol. The number of amides is 1. The minimum absolute atomic E-state index is 0. The Balaban J connectivity index is 0. The van der Waals surface area contributed by atoms with E-state index in [1.807, 2.05) is 0 Å². The van der Waals surface area contributed by atoms with E-state index in [9.17, 15) is 57.5 Å². The van der Waals surface area contributed by atoms with Gasteiger partial charge in [0, 0.05) is 30.1 Å². The maximum Gasteiger partial charge on any atom is 1.00 e. The van der Waals surface area contributed by atoms with Crippen molar-refractivity contribution < 1.29 is 87.6 Å². The third-order valence-electron chi connectivity index (χ3n) is 5.19. The Hall–Kier alpha value is -3.25. The minimum Gasteiger partial charge on any atom is -0.506 e. The van der Waals surface area contributed by atoms with Crippen LogP contribution in [0.1, 0.15) is 27.1 Å². The number of aromatic hydroxyl groups is 1. The molecule has 6 N–H and O–H groups in total. The SMILES string of the molecule is CC(=O)Nc1cc(S(=O)(=O)O)cc2c1C(=O)C(=NNc1ccc(S(=O)(=O)CCOS(=O)(=O)O)cc1O)C(S(=O)(=O)O)=C2.[Cu].[H+].[H+].[H+]. The first-order valence-electron chi connectivity index (χ1n) is 10.8. The van der Waals surface area contributed by atoms with Crippen LogP contribution in [0.3, 0.4) is 0 Å². The maximum absolute atomic E-state index is 13.3. The first-order chi connectivity index (χ1) is 19.1. The van der Waals surface area contributed by atoms with E-state index in [0.717, 1.165) is 25.1 Å². The second-order valence-corrected chi connectivity index (χ2v) is 14.2. The summed E-state index contributed by atoms with van der Waals surface area (Å²) in [6.45, 7) is 0.0557. The molecule has 0 aliphatic heterocycles. The number of ketones is 1. The predicted octanol–water partition coefficient (Wildman–Crippen LogP) is 0.418. The van der Waals surface area contributed by atoms with Gasteiger partial charge in [-0.05, 0) is 35.9 Å². The van der Waals surface area contributed by atoms with E-state index in [4.69, 9.17) is 4.55 Å². The van der Waals surface area contributed by atoms with Crippen molar-refractivity contribution >= 4 is 75.3 Å². The fourth-order valence-electron chi connectivity index (χ4n) is 3.47. The van der Waals surface area contributed by atoms with Crippen molar-refractivity contribution in [3.05, 3.63) is 46.4 Å². The van der Waals surface area contributed by atoms with Crippen LogP contribution in [-0.4, -0.2) is 82.2 Å². The van der Waals surface area contributed by atoms with E-state index in [-0.39, 0.29) is 21.3 Å². The van der Waals surface area contributed by atoms with Gasteiger partial charge in [0.1, 0.15) is 10.7 Å². The molecule has 0 saturated carbocycles. The molecular formula is C20H22CuN3O15S4+3. The Bertz CT molecular complexity index is 2020. The Kier molecular flexibility index (Phi) is 10.7. The number of nitrogens with one attached hydrogen (secondary N) is 2. The summed E-state index contributed by atoms with van der Waals surface area (Å²) in [5.41, 5.74) is -0.664. The smallest absolute Gasteiger partial charge is 0.506 e. The van der Waals surface area contributed by atoms with Crippen molar-refractivity contribution in [2.75, 3.05) is 23.1 Å². The van der Waals surface area contributed by atoms with Gasteiger partial charge >= 0.3 is 14.7 Å². The molecule has 2 aromatic rings. The number of hydrazone groups is 1. The number of carbonyl (C=O) groups is 2. The minimum atomic E-state index is -5.24. The van der Waals surface area contributed by atoms with Crippen molar-refractivity contribution in [3.63, 3.8) is 0 Å². The van der Waals surface area contributed by atoms with Crippen molar-refractivity contribution in [1.82, 2.24) is 0 Å². The third kappa shape index (κ3) is 8.88. The summed E-state index contributed by atoms with van der Waals surface area (Å²) in [5.74, 6) is -3.79. The number of sulfone groups is 1. The molecule has 0 atom stereocenters. The number of phenolic OH excluding ortho intramolecular Hbond substituents is 1. The van der Waals surface area contributed by atoms with Crippen molar-refractivity contribution in [1.29, 1.82) is 0 Å². The Morgan fingerprint density at radius 2 is 1.56 bits per heavy atom. The van der Waals surface area contributed by atoms with Gasteiger partial charge in [-0.3, -0.25) is 28.7 Å². The maximum atomic E-state index is 13.3. The summed E-state index contributed by atoms with van der Waals surface area (Å²) in [5, 5.41) is 16.1. The summed E-state index contributed by atoms with van der Waals surface area (Å²) in [4.78, 5) is 22.5. The number of Topliss-reactive ketones (excluding diaryl/α,β-unsaturated/α-hetero) is 1. The van der Waals surface area contributed by atoms with Crippen molar-refractivity contribution in [2.45, 2.75) is 16.7 Å². The zero-order chi connectivity index (χ0) is 31.8. The number of phenols is 1. The number of carbonyl (C=O) groups excluding carboxylic acids is 2. The Morgan fingerprint density at radius 3 is 2.07 bits per heavy atom. The quantitative estimate of drug-likeness (QED) is 0.0833. The molecule has 1 radical (unpaired) electrons. The number of anilines is 2. The van der Waals surface area contributed by atoms with Gasteiger partial charge in [-0.2, -0.15) is 30.4 Å². The molecule has 2 aromatic carbocycles. The first kappa shape index (κ1) is 35.9. The molecule has 0 heterocycles. The molecule has 1 aliphatic rings. The molecule has 239 valence electrons. The number of hydrogen-bond donors (Lipinski definition) is 6. The standard InChI is InChI=1S/C20H19N3O15S4.Cu/c1-10(24)21-15-8-13(40(29,30)31)6-11-7-17(41(32,33)34)19(20(26)18(11)15)23-22-14-3-2-12(9-16(14)25)39(27,28)5-4-38-42(35,36)37;/h2-3,6-9,22,25H,4-5H2,1H3,(H,21,24)(H,29,30,31)(H,32,33,34)(H,35,36,37);/p+3. The zero-order valence-corrected chi connectivity index (χ0v) is 25.2. The van der Waals surface area contributed by atoms with Gasteiger partial charge < -0.3 is 10.4 Å². The topological polar surface area (TPSA) is 297 Å². The summed E-state index contributed by atoms with van der Waals surface area (Å²) in [7, 11) is -19.3. The molecule has 1 amide bonds. The summed E-state index contributed by atoms with van der Waals surface area (Å²) in [6, 6.07) is 3.95. The number of allylic oxidation sites excluding steroid dienone is 1. The van der Waals surface area contributed by atoms with E-state index in [2.05, 4.69) is 20.0 Å². The normalized spacial score (nSPS) is 14.8. The molecule has 0 saturated heterocycles. The fourth-order valence-corrected chi connectivity index (χ4v) is 6.17. The van der Waals surface area contributed by atoms with Crippen LogP contribution >= 0.6 is 0 Å². The van der Waals surface area contributed by atoms with Gasteiger partial charge in [-0.25, -0.2) is 12.6 Å².